The minimum absolute atomic E-state index is 0.0473. The van der Waals surface area contributed by atoms with Crippen LogP contribution in [0.1, 0.15) is 47.4 Å². The van der Waals surface area contributed by atoms with E-state index in [1.54, 1.807) is 19.9 Å². The lowest BCUT2D eigenvalue weighted by atomic mass is 9.88. The summed E-state index contributed by atoms with van der Waals surface area (Å²) in [5.74, 6) is -1.77. The summed E-state index contributed by atoms with van der Waals surface area (Å²) in [5, 5.41) is 21.3. The van der Waals surface area contributed by atoms with Gasteiger partial charge in [-0.2, -0.15) is 14.2 Å². The molecule has 0 aromatic carbocycles. The number of carbonyl (C=O) groups excluding carboxylic acids is 2. The predicted octanol–water partition coefficient (Wildman–Crippen LogP) is 3.77. The zero-order valence-electron chi connectivity index (χ0n) is 21.5. The van der Waals surface area contributed by atoms with Gasteiger partial charge in [0.2, 0.25) is 11.9 Å². The second kappa shape index (κ2) is 10.7. The topological polar surface area (TPSA) is 116 Å². The highest BCUT2D eigenvalue weighted by Gasteiger charge is 2.48. The maximum absolute atomic E-state index is 15.1. The van der Waals surface area contributed by atoms with Gasteiger partial charge in [0.15, 0.2) is 11.9 Å². The minimum atomic E-state index is -2.70. The predicted molar refractivity (Wildman–Crippen MR) is 135 cm³/mol. The van der Waals surface area contributed by atoms with E-state index in [4.69, 9.17) is 0 Å². The molecule has 12 heteroatoms. The monoisotopic (exact) mass is 542 g/mol. The van der Waals surface area contributed by atoms with Gasteiger partial charge < -0.3 is 15.8 Å². The van der Waals surface area contributed by atoms with E-state index >= 15 is 4.39 Å². The average Bonchev–Trinajstić information content (AvgIpc) is 3.81. The molecule has 1 atom stereocenters. The molecule has 0 unspecified atom stereocenters. The fourth-order valence-corrected chi connectivity index (χ4v) is 5.20. The van der Waals surface area contributed by atoms with Gasteiger partial charge in [0.25, 0.3) is 12.3 Å². The lowest BCUT2D eigenvalue weighted by Crippen LogP contribution is -2.50. The molecule has 2 amide bonds. The van der Waals surface area contributed by atoms with Crippen molar-refractivity contribution in [2.45, 2.75) is 58.5 Å². The Balaban J connectivity index is 1.39. The highest BCUT2D eigenvalue weighted by atomic mass is 19.3. The minimum Gasteiger partial charge on any atom is -0.618 e. The van der Waals surface area contributed by atoms with E-state index in [0.717, 1.165) is 30.4 Å². The fourth-order valence-electron chi connectivity index (χ4n) is 5.20. The molecule has 0 radical (unpaired) electrons. The van der Waals surface area contributed by atoms with E-state index in [2.05, 4.69) is 20.7 Å². The second-order valence-electron chi connectivity index (χ2n) is 10.4. The molecule has 5 rings (SSSR count). The molecule has 2 N–H and O–H groups in total. The number of hydrogen-bond donors (Lipinski definition) is 2. The summed E-state index contributed by atoms with van der Waals surface area (Å²) < 4.78 is 42.6. The number of nitrogens with one attached hydrogen (secondary N) is 2. The standard InChI is InChI=1S/C27H29F3N6O3/c1-14-11-19(15(2)36(39)12-14)18-7-8-22(32-25(18)30)33-27(38)24(23(16-3-4-16)17-5-6-17)34-26(37)20-9-10-31-35(20)13-21(28)29/h7-12,16-17,21,23-24H,3-6,13H2,1-2H3,(H,34,37)(H,32,33,38)/t24-/m0/s1. The van der Waals surface area contributed by atoms with Crippen LogP contribution in [0.5, 0.6) is 0 Å². The highest BCUT2D eigenvalue weighted by Crippen LogP contribution is 2.51. The molecule has 39 heavy (non-hydrogen) atoms. The number of aromatic nitrogens is 4. The van der Waals surface area contributed by atoms with Crippen molar-refractivity contribution in [3.8, 4) is 11.1 Å². The number of rotatable bonds is 10. The van der Waals surface area contributed by atoms with Crippen molar-refractivity contribution >= 4 is 17.6 Å². The Bertz CT molecular complexity index is 1390. The molecule has 0 saturated heterocycles. The van der Waals surface area contributed by atoms with Gasteiger partial charge in [0.1, 0.15) is 24.1 Å². The number of pyridine rings is 2. The molecule has 2 saturated carbocycles. The van der Waals surface area contributed by atoms with Crippen molar-refractivity contribution in [3.63, 3.8) is 0 Å². The van der Waals surface area contributed by atoms with Crippen LogP contribution in [-0.4, -0.2) is 39.0 Å². The largest absolute Gasteiger partial charge is 0.618 e. The smallest absolute Gasteiger partial charge is 0.270 e. The van der Waals surface area contributed by atoms with Gasteiger partial charge in [-0.15, -0.1) is 0 Å². The van der Waals surface area contributed by atoms with E-state index < -0.39 is 36.8 Å². The summed E-state index contributed by atoms with van der Waals surface area (Å²) in [6, 6.07) is 4.92. The van der Waals surface area contributed by atoms with Gasteiger partial charge >= 0.3 is 0 Å². The molecular formula is C27H29F3N6O3. The van der Waals surface area contributed by atoms with Crippen LogP contribution in [0.4, 0.5) is 19.0 Å². The zero-order valence-corrected chi connectivity index (χ0v) is 21.5. The van der Waals surface area contributed by atoms with E-state index in [9.17, 15) is 23.6 Å². The van der Waals surface area contributed by atoms with Crippen LogP contribution < -0.4 is 15.4 Å². The van der Waals surface area contributed by atoms with E-state index in [0.29, 0.717) is 21.6 Å². The zero-order chi connectivity index (χ0) is 27.8. The van der Waals surface area contributed by atoms with Crippen molar-refractivity contribution in [2.24, 2.45) is 17.8 Å². The van der Waals surface area contributed by atoms with Crippen molar-refractivity contribution in [1.29, 1.82) is 0 Å². The van der Waals surface area contributed by atoms with E-state index in [-0.39, 0.29) is 34.8 Å². The van der Waals surface area contributed by atoms with Crippen molar-refractivity contribution in [2.75, 3.05) is 5.32 Å². The molecule has 3 aromatic heterocycles. The molecule has 9 nitrogen and oxygen atoms in total. The summed E-state index contributed by atoms with van der Waals surface area (Å²) in [4.78, 5) is 30.5. The van der Waals surface area contributed by atoms with E-state index in [1.165, 1.54) is 30.6 Å². The number of amides is 2. The number of aryl methyl sites for hydroxylation is 1. The SMILES string of the molecule is Cc1cc(-c2ccc(NC(=O)[C@@H](NC(=O)c3ccnn3CC(F)F)C(C3CC3)C3CC3)nc2F)c(C)[n+]([O-])c1. The molecule has 0 spiro atoms. The van der Waals surface area contributed by atoms with Gasteiger partial charge in [0.05, 0.1) is 5.56 Å². The van der Waals surface area contributed by atoms with Crippen molar-refractivity contribution in [3.05, 3.63) is 64.8 Å². The fraction of sp³-hybridized carbons (Fsp3) is 0.444. The van der Waals surface area contributed by atoms with Gasteiger partial charge in [-0.1, -0.05) is 0 Å². The maximum Gasteiger partial charge on any atom is 0.270 e. The van der Waals surface area contributed by atoms with Crippen LogP contribution in [0.15, 0.2) is 36.7 Å². The number of alkyl halides is 2. The number of nitrogens with zero attached hydrogens (tertiary/aromatic N) is 4. The first-order valence-corrected chi connectivity index (χ1v) is 12.9. The third-order valence-electron chi connectivity index (χ3n) is 7.35. The van der Waals surface area contributed by atoms with Crippen LogP contribution in [0, 0.1) is 42.8 Å². The quantitative estimate of drug-likeness (QED) is 0.230. The molecule has 2 aliphatic carbocycles. The Labute approximate surface area is 223 Å². The summed E-state index contributed by atoms with van der Waals surface area (Å²) in [6.07, 6.45) is 3.67. The van der Waals surface area contributed by atoms with Gasteiger partial charge in [-0.3, -0.25) is 14.3 Å². The average molecular weight is 543 g/mol. The first kappa shape index (κ1) is 26.6. The Morgan fingerprint density at radius 1 is 1.13 bits per heavy atom. The summed E-state index contributed by atoms with van der Waals surface area (Å²) >= 11 is 0. The Hall–Kier alpha value is -3.96. The number of carbonyl (C=O) groups is 2. The molecule has 206 valence electrons. The molecular weight excluding hydrogens is 513 g/mol. The van der Waals surface area contributed by atoms with E-state index in [1.807, 2.05) is 0 Å². The van der Waals surface area contributed by atoms with Crippen LogP contribution >= 0.6 is 0 Å². The number of anilines is 1. The van der Waals surface area contributed by atoms with Crippen LogP contribution in [0.2, 0.25) is 0 Å². The van der Waals surface area contributed by atoms with Crippen LogP contribution in [0.25, 0.3) is 11.1 Å². The molecule has 3 aromatic rings. The molecule has 2 aliphatic rings. The van der Waals surface area contributed by atoms with Crippen molar-refractivity contribution < 1.29 is 27.5 Å². The molecule has 2 fully saturated rings. The maximum atomic E-state index is 15.1. The number of hydrogen-bond acceptors (Lipinski definition) is 5. The van der Waals surface area contributed by atoms with Crippen molar-refractivity contribution in [1.82, 2.24) is 20.1 Å². The lowest BCUT2D eigenvalue weighted by molar-refractivity contribution is -0.612. The second-order valence-corrected chi connectivity index (χ2v) is 10.4. The third kappa shape index (κ3) is 5.89. The summed E-state index contributed by atoms with van der Waals surface area (Å²) in [6.45, 7) is 2.55. The Kier molecular flexibility index (Phi) is 7.28. The highest BCUT2D eigenvalue weighted by molar-refractivity contribution is 6.00. The Morgan fingerprint density at radius 2 is 1.82 bits per heavy atom. The van der Waals surface area contributed by atoms with Gasteiger partial charge in [-0.25, -0.2) is 13.8 Å². The molecule has 3 heterocycles. The normalized spacial score (nSPS) is 16.0. The van der Waals surface area contributed by atoms with Crippen LogP contribution in [-0.2, 0) is 11.3 Å². The van der Waals surface area contributed by atoms with Gasteiger partial charge in [-0.05, 0) is 74.6 Å². The Morgan fingerprint density at radius 3 is 2.44 bits per heavy atom. The van der Waals surface area contributed by atoms with Gasteiger partial charge in [0, 0.05) is 24.2 Å². The molecule has 0 bridgehead atoms. The number of halogens is 3. The summed E-state index contributed by atoms with van der Waals surface area (Å²) in [7, 11) is 0. The first-order valence-electron chi connectivity index (χ1n) is 12.9. The van der Waals surface area contributed by atoms with Crippen LogP contribution in [0.3, 0.4) is 0 Å². The summed E-state index contributed by atoms with van der Waals surface area (Å²) in [5.41, 5.74) is 1.40. The lowest BCUT2D eigenvalue weighted by Gasteiger charge is -2.27. The first-order chi connectivity index (χ1) is 18.6. The molecule has 0 aliphatic heterocycles. The third-order valence-corrected chi connectivity index (χ3v) is 7.35.